The minimum atomic E-state index is -0.519. The zero-order chi connectivity index (χ0) is 8.20. The molecule has 0 rings (SSSR count). The summed E-state index contributed by atoms with van der Waals surface area (Å²) in [5, 5.41) is 9.29. The van der Waals surface area contributed by atoms with Gasteiger partial charge in [0.2, 0.25) is 0 Å². The highest BCUT2D eigenvalue weighted by Crippen LogP contribution is 2.12. The van der Waals surface area contributed by atoms with Crippen molar-refractivity contribution in [2.24, 2.45) is 5.73 Å². The van der Waals surface area contributed by atoms with Crippen molar-refractivity contribution in [3.63, 3.8) is 0 Å². The van der Waals surface area contributed by atoms with Gasteiger partial charge in [0.1, 0.15) is 0 Å². The predicted molar refractivity (Wildman–Crippen MR) is 48.8 cm³/mol. The Morgan fingerprint density at radius 3 is 2.18 bits per heavy atom. The van der Waals surface area contributed by atoms with E-state index < -0.39 is 5.60 Å². The maximum absolute atomic E-state index is 9.29. The third kappa shape index (κ3) is 13.0. The highest BCUT2D eigenvalue weighted by atomic mass is 16.3. The van der Waals surface area contributed by atoms with E-state index in [4.69, 9.17) is 5.73 Å². The van der Waals surface area contributed by atoms with E-state index in [1.54, 1.807) is 0 Å². The Labute approximate surface area is 69.6 Å². The first-order valence-corrected chi connectivity index (χ1v) is 3.90. The van der Waals surface area contributed by atoms with Crippen LogP contribution >= 0.6 is 0 Å². The third-order valence-corrected chi connectivity index (χ3v) is 1.45. The molecule has 3 nitrogen and oxygen atoms in total. The lowest BCUT2D eigenvalue weighted by Gasteiger charge is -2.16. The molecule has 0 amide bonds. The van der Waals surface area contributed by atoms with Crippen LogP contribution in [0, 0.1) is 0 Å². The molecule has 1 unspecified atom stereocenters. The molecule has 0 aliphatic carbocycles. The third-order valence-electron chi connectivity index (χ3n) is 1.45. The Kier molecular flexibility index (Phi) is 6.76. The Morgan fingerprint density at radius 1 is 1.45 bits per heavy atom. The summed E-state index contributed by atoms with van der Waals surface area (Å²) in [6.07, 6.45) is 2.86. The molecule has 0 aromatic carbocycles. The summed E-state index contributed by atoms with van der Waals surface area (Å²) in [5.74, 6) is 0. The summed E-state index contributed by atoms with van der Waals surface area (Å²) in [4.78, 5) is 0. The second-order valence-electron chi connectivity index (χ2n) is 3.68. The largest absolute Gasteiger partial charge is 0.390 e. The highest BCUT2D eigenvalue weighted by Gasteiger charge is 2.11. The van der Waals surface area contributed by atoms with Gasteiger partial charge in [0.15, 0.2) is 0 Å². The van der Waals surface area contributed by atoms with E-state index in [1.807, 2.05) is 20.8 Å². The molecule has 0 fully saturated rings. The zero-order valence-electron chi connectivity index (χ0n) is 7.93. The topological polar surface area (TPSA) is 81.2 Å². The molecule has 70 valence electrons. The molecule has 0 aromatic rings. The molecule has 3 heteroatoms. The quantitative estimate of drug-likeness (QED) is 0.585. The summed E-state index contributed by atoms with van der Waals surface area (Å²) >= 11 is 0. The van der Waals surface area contributed by atoms with Crippen molar-refractivity contribution in [3.8, 4) is 0 Å². The van der Waals surface area contributed by atoms with Gasteiger partial charge in [-0.05, 0) is 40.0 Å². The first-order valence-electron chi connectivity index (χ1n) is 3.90. The van der Waals surface area contributed by atoms with Gasteiger partial charge in [0.05, 0.1) is 5.60 Å². The summed E-state index contributed by atoms with van der Waals surface area (Å²) in [6.45, 7) is 5.65. The molecule has 1 atom stereocenters. The van der Waals surface area contributed by atoms with Crippen molar-refractivity contribution >= 4 is 0 Å². The molecule has 0 bridgehead atoms. The zero-order valence-corrected chi connectivity index (χ0v) is 7.93. The molecule has 11 heavy (non-hydrogen) atoms. The summed E-state index contributed by atoms with van der Waals surface area (Å²) in [7, 11) is 0. The van der Waals surface area contributed by atoms with Crippen LogP contribution in [0.25, 0.3) is 0 Å². The standard InChI is InChI=1S/C8H19NO.H3N/c1-7(9)5-4-6-8(2,3)10;/h7,10H,4-6,9H2,1-3H3;1H3. The molecule has 0 saturated heterocycles. The van der Waals surface area contributed by atoms with Crippen LogP contribution in [0.5, 0.6) is 0 Å². The summed E-state index contributed by atoms with van der Waals surface area (Å²) in [6, 6.07) is 0.266. The van der Waals surface area contributed by atoms with Crippen molar-refractivity contribution in [1.29, 1.82) is 0 Å². The Balaban J connectivity index is 0. The van der Waals surface area contributed by atoms with Gasteiger partial charge in [-0.2, -0.15) is 0 Å². The molecular weight excluding hydrogens is 140 g/mol. The number of hydrogen-bond donors (Lipinski definition) is 3. The maximum Gasteiger partial charge on any atom is 0.0591 e. The maximum atomic E-state index is 9.29. The Morgan fingerprint density at radius 2 is 1.91 bits per heavy atom. The van der Waals surface area contributed by atoms with Crippen LogP contribution in [0.15, 0.2) is 0 Å². The summed E-state index contributed by atoms with van der Waals surface area (Å²) in [5.41, 5.74) is 5.02. The van der Waals surface area contributed by atoms with Gasteiger partial charge in [0.25, 0.3) is 0 Å². The molecule has 0 saturated carbocycles. The molecule has 0 heterocycles. The van der Waals surface area contributed by atoms with Crippen LogP contribution in [0.1, 0.15) is 40.0 Å². The van der Waals surface area contributed by atoms with E-state index in [2.05, 4.69) is 0 Å². The Bertz CT molecular complexity index is 86.6. The SMILES string of the molecule is CC(N)CCCC(C)(C)O.N. The van der Waals surface area contributed by atoms with Crippen molar-refractivity contribution in [2.75, 3.05) is 0 Å². The molecule has 6 N–H and O–H groups in total. The first-order chi connectivity index (χ1) is 4.42. The highest BCUT2D eigenvalue weighted by molar-refractivity contribution is 4.65. The molecule has 0 aromatic heterocycles. The average Bonchev–Trinajstić information content (AvgIpc) is 1.59. The monoisotopic (exact) mass is 162 g/mol. The van der Waals surface area contributed by atoms with E-state index >= 15 is 0 Å². The van der Waals surface area contributed by atoms with Crippen LogP contribution in [-0.4, -0.2) is 16.7 Å². The fourth-order valence-electron chi connectivity index (χ4n) is 0.857. The van der Waals surface area contributed by atoms with E-state index in [0.717, 1.165) is 19.3 Å². The van der Waals surface area contributed by atoms with Gasteiger partial charge in [-0.15, -0.1) is 0 Å². The van der Waals surface area contributed by atoms with E-state index in [1.165, 1.54) is 0 Å². The molecular formula is C8H22N2O. The van der Waals surface area contributed by atoms with Gasteiger partial charge in [-0.1, -0.05) is 0 Å². The summed E-state index contributed by atoms with van der Waals surface area (Å²) < 4.78 is 0. The van der Waals surface area contributed by atoms with E-state index in [0.29, 0.717) is 0 Å². The van der Waals surface area contributed by atoms with E-state index in [9.17, 15) is 5.11 Å². The smallest absolute Gasteiger partial charge is 0.0591 e. The van der Waals surface area contributed by atoms with Crippen LogP contribution in [0.2, 0.25) is 0 Å². The van der Waals surface area contributed by atoms with Crippen molar-refractivity contribution in [3.05, 3.63) is 0 Å². The fourth-order valence-corrected chi connectivity index (χ4v) is 0.857. The second-order valence-corrected chi connectivity index (χ2v) is 3.68. The van der Waals surface area contributed by atoms with Crippen molar-refractivity contribution in [1.82, 2.24) is 6.15 Å². The van der Waals surface area contributed by atoms with Crippen molar-refractivity contribution < 1.29 is 5.11 Å². The van der Waals surface area contributed by atoms with Gasteiger partial charge in [-0.25, -0.2) is 0 Å². The van der Waals surface area contributed by atoms with Crippen molar-refractivity contribution in [2.45, 2.75) is 51.7 Å². The normalized spacial score (nSPS) is 13.9. The van der Waals surface area contributed by atoms with Crippen LogP contribution in [0.4, 0.5) is 0 Å². The molecule has 0 aliphatic rings. The average molecular weight is 162 g/mol. The number of rotatable bonds is 4. The molecule has 0 radical (unpaired) electrons. The van der Waals surface area contributed by atoms with Crippen LogP contribution < -0.4 is 11.9 Å². The molecule has 0 spiro atoms. The van der Waals surface area contributed by atoms with Gasteiger partial charge in [-0.3, -0.25) is 0 Å². The molecule has 0 aliphatic heterocycles. The predicted octanol–water partition coefficient (Wildman–Crippen LogP) is 1.44. The van der Waals surface area contributed by atoms with Gasteiger partial charge >= 0.3 is 0 Å². The first kappa shape index (κ1) is 13.5. The lowest BCUT2D eigenvalue weighted by Crippen LogP contribution is -2.20. The number of aliphatic hydroxyl groups is 1. The van der Waals surface area contributed by atoms with Gasteiger partial charge in [0, 0.05) is 6.04 Å². The van der Waals surface area contributed by atoms with Gasteiger partial charge < -0.3 is 17.0 Å². The lowest BCUT2D eigenvalue weighted by molar-refractivity contribution is 0.0678. The van der Waals surface area contributed by atoms with Crippen LogP contribution in [0.3, 0.4) is 0 Å². The number of hydrogen-bond acceptors (Lipinski definition) is 3. The number of nitrogens with two attached hydrogens (primary N) is 1. The van der Waals surface area contributed by atoms with E-state index in [-0.39, 0.29) is 12.2 Å². The second kappa shape index (κ2) is 5.52. The lowest BCUT2D eigenvalue weighted by atomic mass is 10.0. The fraction of sp³-hybridized carbons (Fsp3) is 1.00. The Hall–Kier alpha value is -0.120. The minimum Gasteiger partial charge on any atom is -0.390 e. The minimum absolute atomic E-state index is 0. The van der Waals surface area contributed by atoms with Crippen LogP contribution in [-0.2, 0) is 0 Å².